The van der Waals surface area contributed by atoms with Crippen molar-refractivity contribution in [3.05, 3.63) is 75.7 Å². The number of hydrogen-bond acceptors (Lipinski definition) is 5. The Morgan fingerprint density at radius 2 is 1.81 bits per heavy atom. The van der Waals surface area contributed by atoms with Gasteiger partial charge in [0.05, 0.1) is 17.1 Å². The molecule has 4 rings (SSSR count). The SMILES string of the molecule is Cc1cc(C)c(NC(=O)[C@@H](C)Sc2nc3c(cnn3-c3ccccc3)c(=O)[nH]2)c(C)c1. The van der Waals surface area contributed by atoms with Crippen molar-refractivity contribution in [3.8, 4) is 5.69 Å². The minimum Gasteiger partial charge on any atom is -0.325 e. The van der Waals surface area contributed by atoms with Crippen molar-refractivity contribution in [1.82, 2.24) is 19.7 Å². The summed E-state index contributed by atoms with van der Waals surface area (Å²) >= 11 is 1.20. The number of anilines is 1. The number of carbonyl (C=O) groups excluding carboxylic acids is 1. The average molecular weight is 434 g/mol. The predicted octanol–water partition coefficient (Wildman–Crippen LogP) is 4.15. The maximum Gasteiger partial charge on any atom is 0.262 e. The number of H-pyrrole nitrogens is 1. The van der Waals surface area contributed by atoms with Gasteiger partial charge in [0.2, 0.25) is 5.91 Å². The molecular weight excluding hydrogens is 410 g/mol. The van der Waals surface area contributed by atoms with Crippen LogP contribution in [-0.2, 0) is 4.79 Å². The topological polar surface area (TPSA) is 92.7 Å². The summed E-state index contributed by atoms with van der Waals surface area (Å²) in [6, 6.07) is 13.6. The summed E-state index contributed by atoms with van der Waals surface area (Å²) in [5.41, 5.74) is 4.98. The van der Waals surface area contributed by atoms with Crippen molar-refractivity contribution >= 4 is 34.4 Å². The Kier molecular flexibility index (Phi) is 5.65. The number of nitrogens with zero attached hydrogens (tertiary/aromatic N) is 3. The number of carbonyl (C=O) groups is 1. The predicted molar refractivity (Wildman–Crippen MR) is 124 cm³/mol. The first-order valence-electron chi connectivity index (χ1n) is 9.92. The van der Waals surface area contributed by atoms with Crippen LogP contribution < -0.4 is 10.9 Å². The lowest BCUT2D eigenvalue weighted by Gasteiger charge is -2.16. The Morgan fingerprint density at radius 3 is 2.48 bits per heavy atom. The van der Waals surface area contributed by atoms with E-state index in [1.165, 1.54) is 18.0 Å². The van der Waals surface area contributed by atoms with Gasteiger partial charge in [0.25, 0.3) is 5.56 Å². The van der Waals surface area contributed by atoms with Gasteiger partial charge in [-0.25, -0.2) is 9.67 Å². The van der Waals surface area contributed by atoms with Gasteiger partial charge in [0.1, 0.15) is 5.39 Å². The number of thioether (sulfide) groups is 1. The van der Waals surface area contributed by atoms with Crippen LogP contribution in [0.3, 0.4) is 0 Å². The fourth-order valence-electron chi connectivity index (χ4n) is 3.54. The zero-order chi connectivity index (χ0) is 22.1. The first kappa shape index (κ1) is 20.9. The molecule has 4 aromatic rings. The molecular formula is C23H23N5O2S. The monoisotopic (exact) mass is 433 g/mol. The van der Waals surface area contributed by atoms with Crippen LogP contribution in [0.5, 0.6) is 0 Å². The van der Waals surface area contributed by atoms with E-state index in [1.807, 2.05) is 63.2 Å². The standard InChI is InChI=1S/C23H23N5O2S/c1-13-10-14(2)19(15(3)11-13)25-21(29)16(4)31-23-26-20-18(22(30)27-23)12-24-28(20)17-8-6-5-7-9-17/h5-12,16H,1-4H3,(H,25,29)(H,26,27,30)/t16-/m1/s1. The van der Waals surface area contributed by atoms with Crippen LogP contribution in [0.25, 0.3) is 16.7 Å². The lowest BCUT2D eigenvalue weighted by molar-refractivity contribution is -0.115. The van der Waals surface area contributed by atoms with E-state index in [0.717, 1.165) is 28.1 Å². The maximum absolute atomic E-state index is 12.8. The molecule has 31 heavy (non-hydrogen) atoms. The average Bonchev–Trinajstić information content (AvgIpc) is 3.15. The molecule has 8 heteroatoms. The van der Waals surface area contributed by atoms with Crippen LogP contribution in [0, 0.1) is 20.8 Å². The van der Waals surface area contributed by atoms with Gasteiger partial charge in [-0.15, -0.1) is 0 Å². The molecule has 1 amide bonds. The van der Waals surface area contributed by atoms with Gasteiger partial charge < -0.3 is 10.3 Å². The summed E-state index contributed by atoms with van der Waals surface area (Å²) < 4.78 is 1.62. The molecule has 1 atom stereocenters. The highest BCUT2D eigenvalue weighted by atomic mass is 32.2. The second-order valence-electron chi connectivity index (χ2n) is 7.52. The van der Waals surface area contributed by atoms with Crippen molar-refractivity contribution in [2.75, 3.05) is 5.32 Å². The number of fused-ring (bicyclic) bond motifs is 1. The van der Waals surface area contributed by atoms with Crippen LogP contribution >= 0.6 is 11.8 Å². The largest absolute Gasteiger partial charge is 0.325 e. The van der Waals surface area contributed by atoms with E-state index in [1.54, 1.807) is 11.6 Å². The fraction of sp³-hybridized carbons (Fsp3) is 0.217. The molecule has 7 nitrogen and oxygen atoms in total. The zero-order valence-electron chi connectivity index (χ0n) is 17.8. The molecule has 0 aliphatic carbocycles. The van der Waals surface area contributed by atoms with E-state index >= 15 is 0 Å². The van der Waals surface area contributed by atoms with E-state index in [-0.39, 0.29) is 11.5 Å². The van der Waals surface area contributed by atoms with E-state index in [2.05, 4.69) is 20.4 Å². The number of aromatic amines is 1. The third-order valence-electron chi connectivity index (χ3n) is 5.00. The summed E-state index contributed by atoms with van der Waals surface area (Å²) in [6.45, 7) is 7.77. The summed E-state index contributed by atoms with van der Waals surface area (Å²) in [4.78, 5) is 32.7. The Morgan fingerprint density at radius 1 is 1.13 bits per heavy atom. The lowest BCUT2D eigenvalue weighted by Crippen LogP contribution is -2.24. The van der Waals surface area contributed by atoms with Crippen molar-refractivity contribution < 1.29 is 4.79 Å². The smallest absolute Gasteiger partial charge is 0.262 e. The van der Waals surface area contributed by atoms with E-state index in [0.29, 0.717) is 16.2 Å². The Labute approximate surface area is 183 Å². The molecule has 0 bridgehead atoms. The summed E-state index contributed by atoms with van der Waals surface area (Å²) in [6.07, 6.45) is 1.50. The number of benzene rings is 2. The van der Waals surface area contributed by atoms with Crippen molar-refractivity contribution in [2.24, 2.45) is 0 Å². The number of aromatic nitrogens is 4. The van der Waals surface area contributed by atoms with Crippen molar-refractivity contribution in [1.29, 1.82) is 0 Å². The van der Waals surface area contributed by atoms with Crippen LogP contribution in [0.1, 0.15) is 23.6 Å². The number of rotatable bonds is 5. The Hall–Kier alpha value is -3.39. The number of hydrogen-bond donors (Lipinski definition) is 2. The van der Waals surface area contributed by atoms with Gasteiger partial charge in [0, 0.05) is 5.69 Å². The zero-order valence-corrected chi connectivity index (χ0v) is 18.6. The molecule has 0 spiro atoms. The van der Waals surface area contributed by atoms with Crippen molar-refractivity contribution in [3.63, 3.8) is 0 Å². The second kappa shape index (κ2) is 8.39. The summed E-state index contributed by atoms with van der Waals surface area (Å²) in [5.74, 6) is -0.153. The number of para-hydroxylation sites is 1. The highest BCUT2D eigenvalue weighted by Gasteiger charge is 2.19. The van der Waals surface area contributed by atoms with Crippen molar-refractivity contribution in [2.45, 2.75) is 38.1 Å². The van der Waals surface area contributed by atoms with E-state index < -0.39 is 5.25 Å². The molecule has 0 saturated carbocycles. The Bertz CT molecular complexity index is 1300. The van der Waals surface area contributed by atoms with Gasteiger partial charge in [-0.05, 0) is 51.0 Å². The Balaban J connectivity index is 1.60. The molecule has 2 N–H and O–H groups in total. The summed E-state index contributed by atoms with van der Waals surface area (Å²) in [7, 11) is 0. The first-order chi connectivity index (χ1) is 14.8. The molecule has 158 valence electrons. The molecule has 0 unspecified atom stereocenters. The van der Waals surface area contributed by atoms with Crippen LogP contribution in [-0.4, -0.2) is 30.9 Å². The van der Waals surface area contributed by atoms with Crippen LogP contribution in [0.4, 0.5) is 5.69 Å². The minimum atomic E-state index is -0.464. The molecule has 0 radical (unpaired) electrons. The minimum absolute atomic E-state index is 0.153. The first-order valence-corrected chi connectivity index (χ1v) is 10.8. The summed E-state index contributed by atoms with van der Waals surface area (Å²) in [5, 5.41) is 7.63. The molecule has 2 heterocycles. The van der Waals surface area contributed by atoms with Gasteiger partial charge in [-0.1, -0.05) is 47.7 Å². The molecule has 0 aliphatic heterocycles. The van der Waals surface area contributed by atoms with E-state index in [9.17, 15) is 9.59 Å². The van der Waals surface area contributed by atoms with Gasteiger partial charge in [-0.3, -0.25) is 9.59 Å². The third-order valence-corrected chi connectivity index (χ3v) is 5.98. The highest BCUT2D eigenvalue weighted by Crippen LogP contribution is 2.25. The van der Waals surface area contributed by atoms with Gasteiger partial charge >= 0.3 is 0 Å². The maximum atomic E-state index is 12.8. The third kappa shape index (κ3) is 4.25. The second-order valence-corrected chi connectivity index (χ2v) is 8.85. The van der Waals surface area contributed by atoms with Gasteiger partial charge in [-0.2, -0.15) is 5.10 Å². The molecule has 0 aliphatic rings. The molecule has 2 aromatic heterocycles. The van der Waals surface area contributed by atoms with Gasteiger partial charge in [0.15, 0.2) is 10.8 Å². The quantitative estimate of drug-likeness (QED) is 0.364. The number of amides is 1. The van der Waals surface area contributed by atoms with Crippen LogP contribution in [0.15, 0.2) is 58.6 Å². The van der Waals surface area contributed by atoms with Crippen LogP contribution in [0.2, 0.25) is 0 Å². The lowest BCUT2D eigenvalue weighted by atomic mass is 10.1. The molecule has 0 fully saturated rings. The molecule has 0 saturated heterocycles. The number of nitrogens with one attached hydrogen (secondary N) is 2. The molecule has 2 aromatic carbocycles. The highest BCUT2D eigenvalue weighted by molar-refractivity contribution is 8.00. The fourth-order valence-corrected chi connectivity index (χ4v) is 4.33. The van der Waals surface area contributed by atoms with E-state index in [4.69, 9.17) is 0 Å². The normalized spacial score (nSPS) is 12.1. The number of aryl methyl sites for hydroxylation is 3.